The smallest absolute Gasteiger partial charge is 0.244 e. The molecule has 3 heteroatoms. The molecule has 0 aliphatic carbocycles. The van der Waals surface area contributed by atoms with Crippen LogP contribution in [0.5, 0.6) is 0 Å². The van der Waals surface area contributed by atoms with E-state index >= 15 is 0 Å². The maximum atomic E-state index is 11.2. The molecule has 1 aromatic rings. The van der Waals surface area contributed by atoms with Gasteiger partial charge < -0.3 is 5.73 Å². The Morgan fingerprint density at radius 1 is 1.43 bits per heavy atom. The first-order valence-electron chi connectivity index (χ1n) is 4.76. The summed E-state index contributed by atoms with van der Waals surface area (Å²) in [5, 5.41) is 2.01. The summed E-state index contributed by atoms with van der Waals surface area (Å²) >= 11 is 1.65. The minimum Gasteiger partial charge on any atom is -0.366 e. The molecule has 0 saturated heterocycles. The van der Waals surface area contributed by atoms with Gasteiger partial charge in [-0.1, -0.05) is 19.9 Å². The molecular formula is C11H15NOS. The van der Waals surface area contributed by atoms with E-state index in [0.29, 0.717) is 6.42 Å². The topological polar surface area (TPSA) is 43.1 Å². The molecule has 76 valence electrons. The number of thiophene rings is 1. The van der Waals surface area contributed by atoms with Gasteiger partial charge in [0.25, 0.3) is 0 Å². The van der Waals surface area contributed by atoms with Gasteiger partial charge in [-0.15, -0.1) is 11.3 Å². The van der Waals surface area contributed by atoms with E-state index in [2.05, 4.69) is 0 Å². The van der Waals surface area contributed by atoms with Gasteiger partial charge in [0.2, 0.25) is 5.91 Å². The number of amides is 1. The standard InChI is InChI=1S/C11H15NOS/c1-3-8(9(4-2)11(12)13)10-6-5-7-14-10/h5-7H,3-4H2,1-2H3,(H2,12,13). The third-order valence-electron chi connectivity index (χ3n) is 2.19. The second kappa shape index (κ2) is 4.96. The van der Waals surface area contributed by atoms with Gasteiger partial charge in [0.15, 0.2) is 0 Å². The van der Waals surface area contributed by atoms with Crippen LogP contribution in [0.3, 0.4) is 0 Å². The van der Waals surface area contributed by atoms with Crippen LogP contribution >= 0.6 is 11.3 Å². The lowest BCUT2D eigenvalue weighted by Gasteiger charge is -2.07. The molecule has 0 radical (unpaired) electrons. The first-order chi connectivity index (χ1) is 6.70. The number of hydrogen-bond acceptors (Lipinski definition) is 2. The van der Waals surface area contributed by atoms with Crippen molar-refractivity contribution in [1.82, 2.24) is 0 Å². The highest BCUT2D eigenvalue weighted by Crippen LogP contribution is 2.27. The van der Waals surface area contributed by atoms with Gasteiger partial charge in [-0.05, 0) is 29.9 Å². The molecule has 0 bridgehead atoms. The van der Waals surface area contributed by atoms with Crippen LogP contribution in [0.15, 0.2) is 23.1 Å². The van der Waals surface area contributed by atoms with Crippen LogP contribution in [0, 0.1) is 0 Å². The number of rotatable bonds is 4. The van der Waals surface area contributed by atoms with Gasteiger partial charge >= 0.3 is 0 Å². The van der Waals surface area contributed by atoms with Crippen molar-refractivity contribution in [2.75, 3.05) is 0 Å². The van der Waals surface area contributed by atoms with E-state index in [1.165, 1.54) is 0 Å². The maximum absolute atomic E-state index is 11.2. The van der Waals surface area contributed by atoms with E-state index in [4.69, 9.17) is 5.73 Å². The van der Waals surface area contributed by atoms with E-state index in [1.807, 2.05) is 31.4 Å². The first-order valence-corrected chi connectivity index (χ1v) is 5.64. The van der Waals surface area contributed by atoms with Crippen molar-refractivity contribution in [3.63, 3.8) is 0 Å². The molecule has 14 heavy (non-hydrogen) atoms. The molecule has 1 amide bonds. The van der Waals surface area contributed by atoms with Crippen molar-refractivity contribution in [2.45, 2.75) is 26.7 Å². The third-order valence-corrected chi connectivity index (χ3v) is 3.12. The molecule has 0 aromatic carbocycles. The van der Waals surface area contributed by atoms with Crippen LogP contribution in [0.4, 0.5) is 0 Å². The fourth-order valence-corrected chi connectivity index (χ4v) is 2.39. The fourth-order valence-electron chi connectivity index (χ4n) is 1.52. The average Bonchev–Trinajstić information content (AvgIpc) is 2.65. The van der Waals surface area contributed by atoms with Crippen molar-refractivity contribution >= 4 is 22.8 Å². The molecule has 0 saturated carbocycles. The monoisotopic (exact) mass is 209 g/mol. The summed E-state index contributed by atoms with van der Waals surface area (Å²) < 4.78 is 0. The minimum absolute atomic E-state index is 0.294. The second-order valence-electron chi connectivity index (χ2n) is 3.01. The summed E-state index contributed by atoms with van der Waals surface area (Å²) in [6.45, 7) is 4.01. The summed E-state index contributed by atoms with van der Waals surface area (Å²) in [6.07, 6.45) is 1.56. The molecule has 2 N–H and O–H groups in total. The maximum Gasteiger partial charge on any atom is 0.244 e. The molecule has 1 heterocycles. The quantitative estimate of drug-likeness (QED) is 0.761. The Labute approximate surface area is 88.4 Å². The van der Waals surface area contributed by atoms with Crippen LogP contribution in [0.25, 0.3) is 5.57 Å². The second-order valence-corrected chi connectivity index (χ2v) is 3.95. The molecule has 0 atom stereocenters. The van der Waals surface area contributed by atoms with Crippen molar-refractivity contribution in [2.24, 2.45) is 5.73 Å². The van der Waals surface area contributed by atoms with Crippen molar-refractivity contribution in [1.29, 1.82) is 0 Å². The third kappa shape index (κ3) is 2.23. The molecule has 0 fully saturated rings. The van der Waals surface area contributed by atoms with Crippen molar-refractivity contribution < 1.29 is 4.79 Å². The summed E-state index contributed by atoms with van der Waals surface area (Å²) in [6, 6.07) is 4.02. The molecule has 2 nitrogen and oxygen atoms in total. The Kier molecular flexibility index (Phi) is 3.89. The molecule has 1 rings (SSSR count). The lowest BCUT2D eigenvalue weighted by atomic mass is 10.0. The van der Waals surface area contributed by atoms with Crippen molar-refractivity contribution in [3.8, 4) is 0 Å². The van der Waals surface area contributed by atoms with E-state index in [-0.39, 0.29) is 5.91 Å². The average molecular weight is 209 g/mol. The SMILES string of the molecule is CCC(C(N)=O)=C(CC)c1cccs1. The zero-order valence-electron chi connectivity index (χ0n) is 8.54. The number of nitrogens with two attached hydrogens (primary N) is 1. The number of hydrogen-bond donors (Lipinski definition) is 1. The summed E-state index contributed by atoms with van der Waals surface area (Å²) in [4.78, 5) is 12.4. The number of primary amides is 1. The summed E-state index contributed by atoms with van der Waals surface area (Å²) in [7, 11) is 0. The summed E-state index contributed by atoms with van der Waals surface area (Å²) in [5.74, 6) is -0.294. The van der Waals surface area contributed by atoms with Gasteiger partial charge in [0.05, 0.1) is 0 Å². The molecule has 0 spiro atoms. The largest absolute Gasteiger partial charge is 0.366 e. The van der Waals surface area contributed by atoms with E-state index in [9.17, 15) is 4.79 Å². The van der Waals surface area contributed by atoms with Crippen LogP contribution in [0.2, 0.25) is 0 Å². The van der Waals surface area contributed by atoms with Crippen LogP contribution < -0.4 is 5.73 Å². The highest BCUT2D eigenvalue weighted by atomic mass is 32.1. The molecule has 0 unspecified atom stereocenters. The van der Waals surface area contributed by atoms with Crippen LogP contribution in [-0.2, 0) is 4.79 Å². The predicted octanol–water partition coefficient (Wildman–Crippen LogP) is 2.81. The first kappa shape index (κ1) is 11.0. The number of carbonyl (C=O) groups excluding carboxylic acids is 1. The van der Waals surface area contributed by atoms with Crippen molar-refractivity contribution in [3.05, 3.63) is 28.0 Å². The predicted molar refractivity (Wildman–Crippen MR) is 61.0 cm³/mol. The van der Waals surface area contributed by atoms with E-state index in [1.54, 1.807) is 11.3 Å². The Morgan fingerprint density at radius 3 is 2.50 bits per heavy atom. The highest BCUT2D eigenvalue weighted by Gasteiger charge is 2.11. The van der Waals surface area contributed by atoms with Gasteiger partial charge in [-0.2, -0.15) is 0 Å². The van der Waals surface area contributed by atoms with Gasteiger partial charge in [-0.25, -0.2) is 0 Å². The molecule has 0 aliphatic rings. The lowest BCUT2D eigenvalue weighted by molar-refractivity contribution is -0.114. The van der Waals surface area contributed by atoms with Crippen LogP contribution in [0.1, 0.15) is 31.6 Å². The lowest BCUT2D eigenvalue weighted by Crippen LogP contribution is -2.14. The fraction of sp³-hybridized carbons (Fsp3) is 0.364. The zero-order valence-corrected chi connectivity index (χ0v) is 9.36. The Morgan fingerprint density at radius 2 is 2.14 bits per heavy atom. The molecule has 0 aliphatic heterocycles. The number of carbonyl (C=O) groups is 1. The van der Waals surface area contributed by atoms with E-state index in [0.717, 1.165) is 22.4 Å². The normalized spacial score (nSPS) is 12.4. The van der Waals surface area contributed by atoms with Crippen LogP contribution in [-0.4, -0.2) is 5.91 Å². The Hall–Kier alpha value is -1.09. The Bertz CT molecular complexity index is 338. The summed E-state index contributed by atoms with van der Waals surface area (Å²) in [5.41, 5.74) is 7.19. The minimum atomic E-state index is -0.294. The zero-order chi connectivity index (χ0) is 10.6. The van der Waals surface area contributed by atoms with Gasteiger partial charge in [0, 0.05) is 10.5 Å². The van der Waals surface area contributed by atoms with E-state index < -0.39 is 0 Å². The Balaban J connectivity index is 3.17. The highest BCUT2D eigenvalue weighted by molar-refractivity contribution is 7.11. The molecule has 1 aromatic heterocycles. The van der Waals surface area contributed by atoms with Gasteiger partial charge in [0.1, 0.15) is 0 Å². The number of allylic oxidation sites excluding steroid dienone is 1. The molecular weight excluding hydrogens is 194 g/mol. The van der Waals surface area contributed by atoms with Gasteiger partial charge in [-0.3, -0.25) is 4.79 Å².